The molecule has 1 aliphatic heterocycles. The molecule has 1 aliphatic rings. The van der Waals surface area contributed by atoms with E-state index in [1.807, 2.05) is 0 Å². The molecule has 3 heteroatoms. The molecule has 106 valence electrons. The lowest BCUT2D eigenvalue weighted by molar-refractivity contribution is 0.293. The van der Waals surface area contributed by atoms with Gasteiger partial charge < -0.3 is 16.0 Å². The molecule has 1 heterocycles. The molecule has 0 aromatic heterocycles. The first-order chi connectivity index (χ1) is 9.19. The van der Waals surface area contributed by atoms with E-state index in [-0.39, 0.29) is 5.54 Å². The third kappa shape index (κ3) is 3.48. The van der Waals surface area contributed by atoms with E-state index in [4.69, 9.17) is 5.73 Å². The summed E-state index contributed by atoms with van der Waals surface area (Å²) >= 11 is 0. The van der Waals surface area contributed by atoms with Crippen LogP contribution in [0, 0.1) is 6.92 Å². The van der Waals surface area contributed by atoms with Gasteiger partial charge in [-0.05, 0) is 50.9 Å². The maximum Gasteiger partial charge on any atom is 0.0508 e. The molecule has 0 saturated carbocycles. The Kier molecular flexibility index (Phi) is 4.83. The van der Waals surface area contributed by atoms with Crippen LogP contribution in [-0.2, 0) is 0 Å². The molecule has 1 atom stereocenters. The number of benzene rings is 1. The van der Waals surface area contributed by atoms with Crippen molar-refractivity contribution < 1.29 is 0 Å². The SMILES string of the molecule is CCN1CCCC(CN)(Nc2ccccc2C)CC1. The van der Waals surface area contributed by atoms with Gasteiger partial charge in [0.25, 0.3) is 0 Å². The van der Waals surface area contributed by atoms with Crippen LogP contribution in [-0.4, -0.2) is 36.6 Å². The summed E-state index contributed by atoms with van der Waals surface area (Å²) in [7, 11) is 0. The molecule has 19 heavy (non-hydrogen) atoms. The molecule has 1 saturated heterocycles. The standard InChI is InChI=1S/C16H27N3/c1-3-19-11-6-9-16(13-17,10-12-19)18-15-8-5-4-7-14(15)2/h4-5,7-8,18H,3,6,9-13,17H2,1-2H3. The Morgan fingerprint density at radius 2 is 2.05 bits per heavy atom. The van der Waals surface area contributed by atoms with E-state index in [0.29, 0.717) is 6.54 Å². The lowest BCUT2D eigenvalue weighted by atomic mass is 9.90. The van der Waals surface area contributed by atoms with Crippen molar-refractivity contribution >= 4 is 5.69 Å². The average molecular weight is 261 g/mol. The van der Waals surface area contributed by atoms with Gasteiger partial charge in [-0.3, -0.25) is 0 Å². The van der Waals surface area contributed by atoms with Crippen LogP contribution in [0.25, 0.3) is 0 Å². The fourth-order valence-electron chi connectivity index (χ4n) is 2.95. The molecule has 0 spiro atoms. The summed E-state index contributed by atoms with van der Waals surface area (Å²) in [5.41, 5.74) is 8.71. The van der Waals surface area contributed by atoms with Crippen molar-refractivity contribution in [1.29, 1.82) is 0 Å². The van der Waals surface area contributed by atoms with Gasteiger partial charge in [0, 0.05) is 18.8 Å². The van der Waals surface area contributed by atoms with Gasteiger partial charge in [0.15, 0.2) is 0 Å². The molecule has 1 fully saturated rings. The molecule has 1 unspecified atom stereocenters. The van der Waals surface area contributed by atoms with Crippen molar-refractivity contribution in [3.05, 3.63) is 29.8 Å². The van der Waals surface area contributed by atoms with Gasteiger partial charge in [-0.25, -0.2) is 0 Å². The van der Waals surface area contributed by atoms with Crippen LogP contribution in [0.5, 0.6) is 0 Å². The fraction of sp³-hybridized carbons (Fsp3) is 0.625. The van der Waals surface area contributed by atoms with Crippen molar-refractivity contribution in [2.75, 3.05) is 31.5 Å². The molecule has 0 aliphatic carbocycles. The van der Waals surface area contributed by atoms with Crippen molar-refractivity contribution in [3.8, 4) is 0 Å². The highest BCUT2D eigenvalue weighted by atomic mass is 15.1. The summed E-state index contributed by atoms with van der Waals surface area (Å²) in [5.74, 6) is 0. The molecule has 1 aromatic rings. The molecule has 0 bridgehead atoms. The second-order valence-corrected chi connectivity index (χ2v) is 5.71. The molecule has 0 radical (unpaired) electrons. The van der Waals surface area contributed by atoms with Gasteiger partial charge in [0.2, 0.25) is 0 Å². The Morgan fingerprint density at radius 1 is 1.26 bits per heavy atom. The highest BCUT2D eigenvalue weighted by Crippen LogP contribution is 2.27. The van der Waals surface area contributed by atoms with E-state index in [1.54, 1.807) is 0 Å². The Morgan fingerprint density at radius 3 is 2.74 bits per heavy atom. The number of hydrogen-bond acceptors (Lipinski definition) is 3. The van der Waals surface area contributed by atoms with E-state index in [1.165, 1.54) is 24.2 Å². The first kappa shape index (κ1) is 14.4. The number of anilines is 1. The number of para-hydroxylation sites is 1. The summed E-state index contributed by atoms with van der Waals surface area (Å²) in [6.45, 7) is 8.59. The summed E-state index contributed by atoms with van der Waals surface area (Å²) in [6.07, 6.45) is 3.52. The minimum Gasteiger partial charge on any atom is -0.378 e. The van der Waals surface area contributed by atoms with E-state index >= 15 is 0 Å². The number of aryl methyl sites for hydroxylation is 1. The van der Waals surface area contributed by atoms with Crippen LogP contribution in [0.2, 0.25) is 0 Å². The maximum atomic E-state index is 6.11. The monoisotopic (exact) mass is 261 g/mol. The van der Waals surface area contributed by atoms with E-state index < -0.39 is 0 Å². The van der Waals surface area contributed by atoms with Gasteiger partial charge in [0.1, 0.15) is 0 Å². The zero-order chi connectivity index (χ0) is 13.7. The molecule has 1 aromatic carbocycles. The lowest BCUT2D eigenvalue weighted by Gasteiger charge is -2.34. The highest BCUT2D eigenvalue weighted by Gasteiger charge is 2.31. The van der Waals surface area contributed by atoms with E-state index in [9.17, 15) is 0 Å². The second kappa shape index (κ2) is 6.40. The molecular formula is C16H27N3. The minimum atomic E-state index is 0.0655. The summed E-state index contributed by atoms with van der Waals surface area (Å²) < 4.78 is 0. The summed E-state index contributed by atoms with van der Waals surface area (Å²) in [5, 5.41) is 3.75. The van der Waals surface area contributed by atoms with Gasteiger partial charge in [-0.2, -0.15) is 0 Å². The molecule has 2 rings (SSSR count). The van der Waals surface area contributed by atoms with Crippen LogP contribution in [0.3, 0.4) is 0 Å². The Hall–Kier alpha value is -1.06. The Balaban J connectivity index is 2.12. The van der Waals surface area contributed by atoms with Crippen molar-refractivity contribution in [2.45, 2.75) is 38.6 Å². The summed E-state index contributed by atoms with van der Waals surface area (Å²) in [6, 6.07) is 8.49. The van der Waals surface area contributed by atoms with Crippen LogP contribution >= 0.6 is 0 Å². The zero-order valence-corrected chi connectivity index (χ0v) is 12.3. The van der Waals surface area contributed by atoms with Gasteiger partial charge in [-0.15, -0.1) is 0 Å². The van der Waals surface area contributed by atoms with Crippen LogP contribution in [0.15, 0.2) is 24.3 Å². The smallest absolute Gasteiger partial charge is 0.0508 e. The van der Waals surface area contributed by atoms with Gasteiger partial charge >= 0.3 is 0 Å². The lowest BCUT2D eigenvalue weighted by Crippen LogP contribution is -2.46. The predicted octanol–water partition coefficient (Wildman–Crippen LogP) is 2.61. The van der Waals surface area contributed by atoms with E-state index in [2.05, 4.69) is 48.3 Å². The number of nitrogens with one attached hydrogen (secondary N) is 1. The molecule has 0 amide bonds. The van der Waals surface area contributed by atoms with Crippen molar-refractivity contribution in [1.82, 2.24) is 4.90 Å². The quantitative estimate of drug-likeness (QED) is 0.875. The largest absolute Gasteiger partial charge is 0.378 e. The molecule has 3 N–H and O–H groups in total. The number of nitrogens with two attached hydrogens (primary N) is 1. The third-order valence-electron chi connectivity index (χ3n) is 4.42. The Bertz CT molecular complexity index is 405. The topological polar surface area (TPSA) is 41.3 Å². The second-order valence-electron chi connectivity index (χ2n) is 5.71. The minimum absolute atomic E-state index is 0.0655. The molecule has 3 nitrogen and oxygen atoms in total. The number of likely N-dealkylation sites (tertiary alicyclic amines) is 1. The normalized spacial score (nSPS) is 25.0. The van der Waals surface area contributed by atoms with Crippen molar-refractivity contribution in [3.63, 3.8) is 0 Å². The van der Waals surface area contributed by atoms with Crippen molar-refractivity contribution in [2.24, 2.45) is 5.73 Å². The Labute approximate surface area is 117 Å². The predicted molar refractivity (Wildman–Crippen MR) is 82.6 cm³/mol. The van der Waals surface area contributed by atoms with Crippen LogP contribution in [0.1, 0.15) is 31.7 Å². The third-order valence-corrected chi connectivity index (χ3v) is 4.42. The number of nitrogens with zero attached hydrogens (tertiary/aromatic N) is 1. The van der Waals surface area contributed by atoms with Gasteiger partial charge in [0.05, 0.1) is 5.54 Å². The fourth-order valence-corrected chi connectivity index (χ4v) is 2.95. The average Bonchev–Trinajstić information content (AvgIpc) is 2.64. The number of hydrogen-bond donors (Lipinski definition) is 2. The first-order valence-electron chi connectivity index (χ1n) is 7.45. The van der Waals surface area contributed by atoms with E-state index in [0.717, 1.165) is 25.9 Å². The van der Waals surface area contributed by atoms with Crippen LogP contribution < -0.4 is 11.1 Å². The maximum absolute atomic E-state index is 6.11. The summed E-state index contributed by atoms with van der Waals surface area (Å²) in [4.78, 5) is 2.52. The number of rotatable bonds is 4. The molecular weight excluding hydrogens is 234 g/mol. The van der Waals surface area contributed by atoms with Crippen LogP contribution in [0.4, 0.5) is 5.69 Å². The highest BCUT2D eigenvalue weighted by molar-refractivity contribution is 5.52. The first-order valence-corrected chi connectivity index (χ1v) is 7.45. The zero-order valence-electron chi connectivity index (χ0n) is 12.3. The van der Waals surface area contributed by atoms with Gasteiger partial charge in [-0.1, -0.05) is 25.1 Å².